The summed E-state index contributed by atoms with van der Waals surface area (Å²) in [5.74, 6) is -0.823. The van der Waals surface area contributed by atoms with Gasteiger partial charge in [0.1, 0.15) is 11.8 Å². The lowest BCUT2D eigenvalue weighted by molar-refractivity contribution is 0.102. The van der Waals surface area contributed by atoms with Crippen LogP contribution < -0.4 is 5.73 Å². The number of anilines is 1. The number of Topliss-reactive ketones (excluding diaryl/α,β-unsaturated/α-hetero) is 1. The normalized spacial score (nSPS) is 9.43. The number of phenolic OH excluding ortho intramolecular Hbond substituents is 1. The van der Waals surface area contributed by atoms with E-state index in [1.54, 1.807) is 6.07 Å². The van der Waals surface area contributed by atoms with Crippen molar-refractivity contribution in [3.63, 3.8) is 0 Å². The number of hydrogen-bond acceptors (Lipinski definition) is 4. The first-order chi connectivity index (χ1) is 6.60. The third-order valence-electron chi connectivity index (χ3n) is 1.71. The van der Waals surface area contributed by atoms with Crippen LogP contribution >= 0.6 is 11.6 Å². The average Bonchev–Trinajstić information content (AvgIpc) is 2.17. The number of carbonyl (C=O) groups excluding carboxylic acids is 1. The number of rotatable bonds is 2. The number of nitrogen functional groups attached to an aromatic ring is 1. The minimum atomic E-state index is -0.374. The number of nitrogens with two attached hydrogens (primary N) is 1. The monoisotopic (exact) mass is 210 g/mol. The molecule has 0 fully saturated rings. The summed E-state index contributed by atoms with van der Waals surface area (Å²) in [5, 5.41) is 17.8. The first-order valence-electron chi connectivity index (χ1n) is 3.72. The third-order valence-corrected chi connectivity index (χ3v) is 1.95. The van der Waals surface area contributed by atoms with Crippen LogP contribution in [0.15, 0.2) is 12.1 Å². The van der Waals surface area contributed by atoms with Gasteiger partial charge in [0.15, 0.2) is 5.78 Å². The van der Waals surface area contributed by atoms with Crippen molar-refractivity contribution in [1.82, 2.24) is 0 Å². The van der Waals surface area contributed by atoms with Crippen LogP contribution in [0.25, 0.3) is 0 Å². The van der Waals surface area contributed by atoms with Gasteiger partial charge in [-0.1, -0.05) is 0 Å². The molecule has 0 aliphatic carbocycles. The van der Waals surface area contributed by atoms with E-state index in [1.165, 1.54) is 12.1 Å². The number of aromatic hydroxyl groups is 1. The van der Waals surface area contributed by atoms with E-state index < -0.39 is 0 Å². The molecule has 0 aliphatic heterocycles. The molecule has 0 aromatic heterocycles. The van der Waals surface area contributed by atoms with E-state index in [-0.39, 0.29) is 34.2 Å². The Morgan fingerprint density at radius 3 is 2.79 bits per heavy atom. The first-order valence-corrected chi connectivity index (χ1v) is 4.25. The minimum absolute atomic E-state index is 0.00710. The van der Waals surface area contributed by atoms with Crippen molar-refractivity contribution in [3.8, 4) is 11.8 Å². The van der Waals surface area contributed by atoms with Crippen molar-refractivity contribution >= 4 is 23.1 Å². The Morgan fingerprint density at radius 1 is 1.64 bits per heavy atom. The van der Waals surface area contributed by atoms with Crippen molar-refractivity contribution < 1.29 is 9.90 Å². The number of phenols is 1. The zero-order valence-electron chi connectivity index (χ0n) is 7.12. The van der Waals surface area contributed by atoms with E-state index in [2.05, 4.69) is 0 Å². The quantitative estimate of drug-likeness (QED) is 0.437. The molecule has 0 amide bonds. The summed E-state index contributed by atoms with van der Waals surface area (Å²) in [6, 6.07) is 4.14. The van der Waals surface area contributed by atoms with E-state index in [4.69, 9.17) is 22.6 Å². The Hall–Kier alpha value is -1.73. The van der Waals surface area contributed by atoms with Gasteiger partial charge < -0.3 is 10.8 Å². The fourth-order valence-corrected chi connectivity index (χ4v) is 1.15. The molecular weight excluding hydrogens is 204 g/mol. The predicted octanol–water partition coefficient (Wildman–Crippen LogP) is 1.27. The van der Waals surface area contributed by atoms with Crippen LogP contribution in [0.5, 0.6) is 5.75 Å². The number of halogens is 1. The highest BCUT2D eigenvalue weighted by molar-refractivity contribution is 6.31. The molecule has 1 aromatic rings. The van der Waals surface area contributed by atoms with Crippen molar-refractivity contribution in [3.05, 3.63) is 23.3 Å². The highest BCUT2D eigenvalue weighted by Crippen LogP contribution is 2.24. The number of carbonyl (C=O) groups is 1. The van der Waals surface area contributed by atoms with Gasteiger partial charge in [-0.3, -0.25) is 4.79 Å². The van der Waals surface area contributed by atoms with Crippen molar-refractivity contribution in [2.75, 3.05) is 11.6 Å². The number of nitriles is 1. The van der Waals surface area contributed by atoms with E-state index in [9.17, 15) is 9.90 Å². The van der Waals surface area contributed by atoms with Crippen LogP contribution in [0, 0.1) is 11.3 Å². The minimum Gasteiger partial charge on any atom is -0.506 e. The lowest BCUT2D eigenvalue weighted by Crippen LogP contribution is -2.05. The number of benzene rings is 1. The standard InChI is InChI=1S/C9H7ClN2O2/c10-3-9(14)6-1-5(4-11)8(13)2-7(6)12/h1-2,13H,3,12H2. The zero-order valence-corrected chi connectivity index (χ0v) is 7.88. The summed E-state index contributed by atoms with van der Waals surface area (Å²) >= 11 is 5.34. The van der Waals surface area contributed by atoms with Gasteiger partial charge in [-0.25, -0.2) is 0 Å². The van der Waals surface area contributed by atoms with Gasteiger partial charge in [0.25, 0.3) is 0 Å². The second-order valence-corrected chi connectivity index (χ2v) is 2.89. The Morgan fingerprint density at radius 2 is 2.29 bits per heavy atom. The molecule has 0 saturated carbocycles. The Labute approximate surface area is 85.5 Å². The van der Waals surface area contributed by atoms with Crippen LogP contribution in [0.2, 0.25) is 0 Å². The summed E-state index contributed by atoms with van der Waals surface area (Å²) in [7, 11) is 0. The topological polar surface area (TPSA) is 87.1 Å². The lowest BCUT2D eigenvalue weighted by Gasteiger charge is -2.04. The largest absolute Gasteiger partial charge is 0.506 e. The number of nitrogens with zero attached hydrogens (tertiary/aromatic N) is 1. The molecule has 0 unspecified atom stereocenters. The van der Waals surface area contributed by atoms with Crippen molar-refractivity contribution in [2.24, 2.45) is 0 Å². The second-order valence-electron chi connectivity index (χ2n) is 2.63. The van der Waals surface area contributed by atoms with Crippen LogP contribution in [0.1, 0.15) is 15.9 Å². The van der Waals surface area contributed by atoms with E-state index in [0.717, 1.165) is 0 Å². The third kappa shape index (κ3) is 1.78. The maximum atomic E-state index is 11.2. The molecule has 4 nitrogen and oxygen atoms in total. The lowest BCUT2D eigenvalue weighted by atomic mass is 10.1. The van der Waals surface area contributed by atoms with E-state index >= 15 is 0 Å². The Bertz CT molecular complexity index is 424. The van der Waals surface area contributed by atoms with Gasteiger partial charge in [0.2, 0.25) is 0 Å². The molecule has 0 radical (unpaired) electrons. The fourth-order valence-electron chi connectivity index (χ4n) is 1.01. The van der Waals surface area contributed by atoms with Gasteiger partial charge in [0, 0.05) is 17.3 Å². The van der Waals surface area contributed by atoms with Crippen LogP contribution in [-0.2, 0) is 0 Å². The number of ketones is 1. The number of hydrogen-bond donors (Lipinski definition) is 2. The second kappa shape index (κ2) is 3.99. The fraction of sp³-hybridized carbons (Fsp3) is 0.111. The smallest absolute Gasteiger partial charge is 0.179 e. The first kappa shape index (κ1) is 10.4. The van der Waals surface area contributed by atoms with Crippen molar-refractivity contribution in [1.29, 1.82) is 5.26 Å². The molecule has 3 N–H and O–H groups in total. The van der Waals surface area contributed by atoms with Crippen molar-refractivity contribution in [2.45, 2.75) is 0 Å². The molecule has 0 aliphatic rings. The predicted molar refractivity (Wildman–Crippen MR) is 52.3 cm³/mol. The van der Waals surface area contributed by atoms with E-state index in [1.807, 2.05) is 0 Å². The molecule has 14 heavy (non-hydrogen) atoms. The highest BCUT2D eigenvalue weighted by Gasteiger charge is 2.12. The van der Waals surface area contributed by atoms with Gasteiger partial charge in [0.05, 0.1) is 11.4 Å². The molecule has 5 heteroatoms. The van der Waals surface area contributed by atoms with Crippen LogP contribution in [0.4, 0.5) is 5.69 Å². The summed E-state index contributed by atoms with van der Waals surface area (Å²) in [6.45, 7) is 0. The molecule has 0 atom stereocenters. The molecule has 0 saturated heterocycles. The van der Waals surface area contributed by atoms with Gasteiger partial charge in [-0.15, -0.1) is 11.6 Å². The van der Waals surface area contributed by atoms with Crippen LogP contribution in [-0.4, -0.2) is 16.8 Å². The summed E-state index contributed by atoms with van der Waals surface area (Å²) in [4.78, 5) is 11.2. The Kier molecular flexibility index (Phi) is 2.95. The molecule has 1 rings (SSSR count). The van der Waals surface area contributed by atoms with Gasteiger partial charge in [-0.05, 0) is 6.07 Å². The molecular formula is C9H7ClN2O2. The summed E-state index contributed by atoms with van der Waals surface area (Å²) in [5.41, 5.74) is 5.76. The molecule has 1 aromatic carbocycles. The maximum absolute atomic E-state index is 11.2. The Balaban J connectivity index is 3.33. The SMILES string of the molecule is N#Cc1cc(C(=O)CCl)c(N)cc1O. The summed E-state index contributed by atoms with van der Waals surface area (Å²) in [6.07, 6.45) is 0. The maximum Gasteiger partial charge on any atom is 0.179 e. The van der Waals surface area contributed by atoms with Crippen LogP contribution in [0.3, 0.4) is 0 Å². The number of alkyl halides is 1. The average molecular weight is 211 g/mol. The molecule has 0 heterocycles. The molecule has 0 spiro atoms. The van der Waals surface area contributed by atoms with Gasteiger partial charge >= 0.3 is 0 Å². The summed E-state index contributed by atoms with van der Waals surface area (Å²) < 4.78 is 0. The molecule has 0 bridgehead atoms. The van der Waals surface area contributed by atoms with E-state index in [0.29, 0.717) is 0 Å². The van der Waals surface area contributed by atoms with Gasteiger partial charge in [-0.2, -0.15) is 5.26 Å². The highest BCUT2D eigenvalue weighted by atomic mass is 35.5. The zero-order chi connectivity index (χ0) is 10.7. The molecule has 72 valence electrons.